The Hall–Kier alpha value is -4.36. The summed E-state index contributed by atoms with van der Waals surface area (Å²) < 4.78 is 60.6. The number of anilines is 3. The Kier molecular flexibility index (Phi) is 5.72. The summed E-state index contributed by atoms with van der Waals surface area (Å²) in [6.07, 6.45) is -3.27. The van der Waals surface area contributed by atoms with Crippen LogP contribution in [0, 0.1) is 5.82 Å². The molecule has 1 aromatic carbocycles. The zero-order chi connectivity index (χ0) is 23.6. The fraction of sp³-hybridized carbons (Fsp3) is 0.158. The topological polar surface area (TPSA) is 129 Å². The summed E-state index contributed by atoms with van der Waals surface area (Å²) in [5.74, 6) is -0.894. The molecule has 0 saturated carbocycles. The summed E-state index contributed by atoms with van der Waals surface area (Å²) in [6.45, 7) is -1.46. The van der Waals surface area contributed by atoms with Gasteiger partial charge in [-0.05, 0) is 18.2 Å². The Morgan fingerprint density at radius 1 is 1.03 bits per heavy atom. The van der Waals surface area contributed by atoms with Crippen LogP contribution in [-0.2, 0) is 0 Å². The van der Waals surface area contributed by atoms with E-state index in [9.17, 15) is 17.6 Å². The number of rotatable bonds is 6. The number of nitrogen functional groups attached to an aromatic ring is 1. The number of alkyl halides is 3. The number of benzene rings is 1. The van der Waals surface area contributed by atoms with Gasteiger partial charge in [-0.3, -0.25) is 0 Å². The van der Waals surface area contributed by atoms with Crippen LogP contribution in [-0.4, -0.2) is 49.9 Å². The largest absolute Gasteiger partial charge is 0.468 e. The molecule has 0 fully saturated rings. The molecule has 3 heterocycles. The molecule has 0 bridgehead atoms. The van der Waals surface area contributed by atoms with Gasteiger partial charge in [-0.1, -0.05) is 17.3 Å². The van der Waals surface area contributed by atoms with Gasteiger partial charge in [-0.2, -0.15) is 33.1 Å². The van der Waals surface area contributed by atoms with Crippen LogP contribution in [0.1, 0.15) is 0 Å². The lowest BCUT2D eigenvalue weighted by Gasteiger charge is -2.17. The molecule has 0 amide bonds. The second kappa shape index (κ2) is 8.64. The first-order chi connectivity index (χ1) is 15.7. The molecule has 0 unspecified atom stereocenters. The van der Waals surface area contributed by atoms with Gasteiger partial charge in [0.15, 0.2) is 6.61 Å². The Bertz CT molecular complexity index is 1260. The van der Waals surface area contributed by atoms with Gasteiger partial charge < -0.3 is 19.9 Å². The molecule has 4 aromatic rings. The van der Waals surface area contributed by atoms with Gasteiger partial charge in [0.1, 0.15) is 5.82 Å². The van der Waals surface area contributed by atoms with E-state index in [0.717, 1.165) is 0 Å². The Labute approximate surface area is 183 Å². The molecule has 0 radical (unpaired) electrons. The molecule has 170 valence electrons. The highest BCUT2D eigenvalue weighted by Crippen LogP contribution is 2.26. The monoisotopic (exact) mass is 462 g/mol. The molecule has 0 aliphatic rings. The van der Waals surface area contributed by atoms with Gasteiger partial charge in [0.05, 0.1) is 11.3 Å². The number of hydrogen-bond donors (Lipinski definition) is 1. The molecule has 0 saturated heterocycles. The maximum atomic E-state index is 14.1. The fourth-order valence-corrected chi connectivity index (χ4v) is 2.64. The molecule has 3 aromatic heterocycles. The van der Waals surface area contributed by atoms with Gasteiger partial charge in [0, 0.05) is 19.3 Å². The van der Waals surface area contributed by atoms with E-state index in [1.165, 1.54) is 35.4 Å². The van der Waals surface area contributed by atoms with Gasteiger partial charge in [-0.25, -0.2) is 9.37 Å². The molecule has 0 aliphatic heterocycles. The van der Waals surface area contributed by atoms with Crippen LogP contribution in [0.15, 0.2) is 47.1 Å². The molecule has 4 rings (SSSR count). The fourth-order valence-electron chi connectivity index (χ4n) is 2.64. The standard InChI is InChI=1S/C19H14F4N8O2/c1-31(12-5-3-2-4-11(12)20)18-28-14(27-17(24)29-18)15-26-16(33-30-15)10-6-7-13(25-8-10)32-9-19(21,22)23/h2-8H,9H2,1H3,(H2,24,27,28,29). The Balaban J connectivity index is 1.57. The minimum atomic E-state index is -4.48. The summed E-state index contributed by atoms with van der Waals surface area (Å²) in [5.41, 5.74) is 6.30. The van der Waals surface area contributed by atoms with E-state index < -0.39 is 18.6 Å². The van der Waals surface area contributed by atoms with E-state index in [4.69, 9.17) is 10.3 Å². The van der Waals surface area contributed by atoms with E-state index in [-0.39, 0.29) is 41.0 Å². The summed E-state index contributed by atoms with van der Waals surface area (Å²) in [7, 11) is 1.55. The smallest absolute Gasteiger partial charge is 0.422 e. The third-order valence-corrected chi connectivity index (χ3v) is 4.15. The number of nitrogens with two attached hydrogens (primary N) is 1. The lowest BCUT2D eigenvalue weighted by molar-refractivity contribution is -0.154. The van der Waals surface area contributed by atoms with Crippen LogP contribution in [0.3, 0.4) is 0 Å². The number of pyridine rings is 1. The number of halogens is 4. The average Bonchev–Trinajstić information content (AvgIpc) is 3.27. The summed E-state index contributed by atoms with van der Waals surface area (Å²) in [4.78, 5) is 21.5. The molecule has 14 heteroatoms. The zero-order valence-corrected chi connectivity index (χ0v) is 16.8. The summed E-state index contributed by atoms with van der Waals surface area (Å²) in [5, 5.41) is 3.79. The second-order valence-corrected chi connectivity index (χ2v) is 6.54. The number of hydrogen-bond acceptors (Lipinski definition) is 10. The van der Waals surface area contributed by atoms with Crippen LogP contribution in [0.4, 0.5) is 35.1 Å². The van der Waals surface area contributed by atoms with Crippen molar-refractivity contribution in [2.75, 3.05) is 24.3 Å². The van der Waals surface area contributed by atoms with Crippen LogP contribution < -0.4 is 15.4 Å². The van der Waals surface area contributed by atoms with Crippen molar-refractivity contribution in [2.24, 2.45) is 0 Å². The van der Waals surface area contributed by atoms with Crippen molar-refractivity contribution in [3.63, 3.8) is 0 Å². The highest BCUT2D eigenvalue weighted by atomic mass is 19.4. The Morgan fingerprint density at radius 3 is 2.52 bits per heavy atom. The molecule has 0 atom stereocenters. The predicted octanol–water partition coefficient (Wildman–Crippen LogP) is 3.41. The van der Waals surface area contributed by atoms with Gasteiger partial charge in [-0.15, -0.1) is 0 Å². The first-order valence-corrected chi connectivity index (χ1v) is 9.19. The lowest BCUT2D eigenvalue weighted by atomic mass is 10.3. The molecular weight excluding hydrogens is 448 g/mol. The third kappa shape index (κ3) is 5.11. The predicted molar refractivity (Wildman–Crippen MR) is 107 cm³/mol. The number of aromatic nitrogens is 6. The van der Waals surface area contributed by atoms with Crippen molar-refractivity contribution in [1.82, 2.24) is 30.1 Å². The SMILES string of the molecule is CN(c1nc(N)nc(-c2noc(-c3ccc(OCC(F)(F)F)nc3)n2)n1)c1ccccc1F. The van der Waals surface area contributed by atoms with Crippen molar-refractivity contribution in [1.29, 1.82) is 0 Å². The van der Waals surface area contributed by atoms with E-state index in [0.29, 0.717) is 5.56 Å². The Morgan fingerprint density at radius 2 is 1.82 bits per heavy atom. The van der Waals surface area contributed by atoms with E-state index >= 15 is 0 Å². The average molecular weight is 462 g/mol. The molecule has 10 nitrogen and oxygen atoms in total. The third-order valence-electron chi connectivity index (χ3n) is 4.15. The number of ether oxygens (including phenoxy) is 1. The second-order valence-electron chi connectivity index (χ2n) is 6.54. The van der Waals surface area contributed by atoms with Crippen LogP contribution in [0.25, 0.3) is 23.1 Å². The van der Waals surface area contributed by atoms with E-state index in [1.54, 1.807) is 19.2 Å². The summed E-state index contributed by atoms with van der Waals surface area (Å²) in [6, 6.07) is 8.65. The van der Waals surface area contributed by atoms with E-state index in [2.05, 4.69) is 34.8 Å². The first kappa shape index (κ1) is 21.9. The van der Waals surface area contributed by atoms with Crippen LogP contribution in [0.2, 0.25) is 0 Å². The van der Waals surface area contributed by atoms with Gasteiger partial charge >= 0.3 is 6.18 Å². The van der Waals surface area contributed by atoms with E-state index in [1.807, 2.05) is 0 Å². The summed E-state index contributed by atoms with van der Waals surface area (Å²) >= 11 is 0. The van der Waals surface area contributed by atoms with Crippen molar-refractivity contribution in [3.8, 4) is 29.0 Å². The number of para-hydroxylation sites is 1. The zero-order valence-electron chi connectivity index (χ0n) is 16.8. The molecule has 0 spiro atoms. The first-order valence-electron chi connectivity index (χ1n) is 9.19. The van der Waals surface area contributed by atoms with Crippen molar-refractivity contribution >= 4 is 17.6 Å². The number of nitrogens with zero attached hydrogens (tertiary/aromatic N) is 7. The quantitative estimate of drug-likeness (QED) is 0.426. The van der Waals surface area contributed by atoms with Gasteiger partial charge in [0.2, 0.25) is 29.4 Å². The maximum Gasteiger partial charge on any atom is 0.422 e. The lowest BCUT2D eigenvalue weighted by Crippen LogP contribution is -2.19. The van der Waals surface area contributed by atoms with Crippen molar-refractivity contribution in [2.45, 2.75) is 6.18 Å². The minimum absolute atomic E-state index is 0.00265. The van der Waals surface area contributed by atoms with Gasteiger partial charge in [0.25, 0.3) is 5.89 Å². The molecule has 0 aliphatic carbocycles. The van der Waals surface area contributed by atoms with Crippen molar-refractivity contribution in [3.05, 3.63) is 48.4 Å². The molecule has 2 N–H and O–H groups in total. The van der Waals surface area contributed by atoms with Crippen LogP contribution >= 0.6 is 0 Å². The highest BCUT2D eigenvalue weighted by molar-refractivity contribution is 5.61. The normalized spacial score (nSPS) is 11.4. The van der Waals surface area contributed by atoms with Crippen molar-refractivity contribution < 1.29 is 26.8 Å². The van der Waals surface area contributed by atoms with Crippen LogP contribution in [0.5, 0.6) is 5.88 Å². The molecule has 33 heavy (non-hydrogen) atoms. The maximum absolute atomic E-state index is 14.1. The molecular formula is C19H14F4N8O2. The highest BCUT2D eigenvalue weighted by Gasteiger charge is 2.28. The minimum Gasteiger partial charge on any atom is -0.468 e.